The van der Waals surface area contributed by atoms with E-state index < -0.39 is 11.9 Å². The van der Waals surface area contributed by atoms with E-state index in [1.54, 1.807) is 12.4 Å². The van der Waals surface area contributed by atoms with E-state index in [1.807, 2.05) is 0 Å². The Hall–Kier alpha value is -2.28. The van der Waals surface area contributed by atoms with Crippen LogP contribution in [-0.2, 0) is 0 Å². The molecule has 18 heavy (non-hydrogen) atoms. The molecule has 1 amide bonds. The van der Waals surface area contributed by atoms with Crippen LogP contribution in [0.1, 0.15) is 25.7 Å². The van der Waals surface area contributed by atoms with Crippen LogP contribution in [0, 0.1) is 6.92 Å². The lowest BCUT2D eigenvalue weighted by Gasteiger charge is -2.05. The lowest BCUT2D eigenvalue weighted by Crippen LogP contribution is -2.15. The molecule has 0 unspecified atom stereocenters. The van der Waals surface area contributed by atoms with Gasteiger partial charge in [0.15, 0.2) is 0 Å². The highest BCUT2D eigenvalue weighted by molar-refractivity contribution is 7.12. The number of aromatic nitrogens is 2. The largest absolute Gasteiger partial charge is 0.478 e. The molecule has 2 rings (SSSR count). The number of carbonyl (C=O) groups is 2. The monoisotopic (exact) mass is 263 g/mol. The normalized spacial score (nSPS) is 10.1. The van der Waals surface area contributed by atoms with Gasteiger partial charge in [0.1, 0.15) is 16.3 Å². The highest BCUT2D eigenvalue weighted by Crippen LogP contribution is 2.16. The number of pyridine rings is 1. The second-order valence-electron chi connectivity index (χ2n) is 3.43. The average Bonchev–Trinajstić information content (AvgIpc) is 2.76. The molecule has 2 N–H and O–H groups in total. The van der Waals surface area contributed by atoms with Crippen LogP contribution < -0.4 is 5.32 Å². The average molecular weight is 263 g/mol. The van der Waals surface area contributed by atoms with Crippen LogP contribution >= 0.6 is 11.3 Å². The van der Waals surface area contributed by atoms with Gasteiger partial charge in [-0.25, -0.2) is 14.8 Å². The number of aryl methyl sites for hydroxylation is 1. The molecule has 6 nitrogen and oxygen atoms in total. The molecule has 92 valence electrons. The minimum atomic E-state index is -1.14. The summed E-state index contributed by atoms with van der Waals surface area (Å²) >= 11 is 1.19. The number of nitrogens with zero attached hydrogens (tertiary/aromatic N) is 2. The number of thiazole rings is 1. The van der Waals surface area contributed by atoms with E-state index >= 15 is 0 Å². The molecule has 0 aliphatic carbocycles. The van der Waals surface area contributed by atoms with E-state index in [1.165, 1.54) is 29.7 Å². The van der Waals surface area contributed by atoms with Crippen LogP contribution in [0.3, 0.4) is 0 Å². The molecule has 2 heterocycles. The Morgan fingerprint density at radius 3 is 2.78 bits per heavy atom. The van der Waals surface area contributed by atoms with Gasteiger partial charge in [0.05, 0.1) is 11.2 Å². The summed E-state index contributed by atoms with van der Waals surface area (Å²) in [5.41, 5.74) is 2.11. The van der Waals surface area contributed by atoms with E-state index in [9.17, 15) is 9.59 Å². The molecule has 0 radical (unpaired) electrons. The maximum atomic E-state index is 11.9. The van der Waals surface area contributed by atoms with Crippen molar-refractivity contribution in [3.63, 3.8) is 0 Å². The highest BCUT2D eigenvalue weighted by Gasteiger charge is 2.16. The molecule has 0 spiro atoms. The van der Waals surface area contributed by atoms with Crippen molar-refractivity contribution in [2.45, 2.75) is 6.92 Å². The summed E-state index contributed by atoms with van der Waals surface area (Å²) in [6, 6.07) is 2.88. The molecule has 0 aliphatic heterocycles. The first-order valence-corrected chi connectivity index (χ1v) is 5.87. The van der Waals surface area contributed by atoms with Crippen LogP contribution in [0.4, 0.5) is 5.82 Å². The van der Waals surface area contributed by atoms with Gasteiger partial charge in [-0.3, -0.25) is 4.79 Å². The summed E-state index contributed by atoms with van der Waals surface area (Å²) in [5, 5.41) is 11.4. The summed E-state index contributed by atoms with van der Waals surface area (Å²) in [4.78, 5) is 31.1. The lowest BCUT2D eigenvalue weighted by atomic mass is 10.2. The zero-order valence-electron chi connectivity index (χ0n) is 9.38. The van der Waals surface area contributed by atoms with Crippen LogP contribution in [0.2, 0.25) is 0 Å². The number of carbonyl (C=O) groups excluding carboxylic acids is 1. The van der Waals surface area contributed by atoms with E-state index in [-0.39, 0.29) is 11.4 Å². The quantitative estimate of drug-likeness (QED) is 0.880. The fraction of sp³-hybridized carbons (Fsp3) is 0.0909. The molecular formula is C11H9N3O3S. The van der Waals surface area contributed by atoms with Crippen molar-refractivity contribution in [3.05, 3.63) is 40.0 Å². The maximum Gasteiger partial charge on any atom is 0.339 e. The summed E-state index contributed by atoms with van der Waals surface area (Å²) in [6.45, 7) is 1.71. The minimum absolute atomic E-state index is 0.0304. The molecule has 0 saturated heterocycles. The predicted octanol–water partition coefficient (Wildman–Crippen LogP) is 1.80. The molecule has 0 aliphatic rings. The third-order valence-corrected chi connectivity index (χ3v) is 3.15. The third-order valence-electron chi connectivity index (χ3n) is 2.22. The topological polar surface area (TPSA) is 92.2 Å². The van der Waals surface area contributed by atoms with Crippen molar-refractivity contribution in [3.8, 4) is 0 Å². The van der Waals surface area contributed by atoms with Gasteiger partial charge in [0.25, 0.3) is 5.91 Å². The van der Waals surface area contributed by atoms with Crippen LogP contribution in [0.5, 0.6) is 0 Å². The zero-order chi connectivity index (χ0) is 13.1. The van der Waals surface area contributed by atoms with Crippen LogP contribution in [-0.4, -0.2) is 27.0 Å². The van der Waals surface area contributed by atoms with Gasteiger partial charge in [-0.05, 0) is 19.1 Å². The minimum Gasteiger partial charge on any atom is -0.478 e. The number of rotatable bonds is 3. The van der Waals surface area contributed by atoms with E-state index in [0.717, 1.165) is 0 Å². The first kappa shape index (κ1) is 12.2. The molecule has 0 fully saturated rings. The summed E-state index contributed by atoms with van der Waals surface area (Å²) in [6.07, 6.45) is 1.42. The van der Waals surface area contributed by atoms with Crippen molar-refractivity contribution >= 4 is 29.0 Å². The van der Waals surface area contributed by atoms with Gasteiger partial charge in [-0.2, -0.15) is 0 Å². The number of aromatic carboxylic acids is 1. The predicted molar refractivity (Wildman–Crippen MR) is 66.0 cm³/mol. The Labute approximate surface area is 106 Å². The summed E-state index contributed by atoms with van der Waals surface area (Å²) < 4.78 is 0. The Bertz CT molecular complexity index is 609. The number of carboxylic acid groups (broad SMARTS) is 1. The molecule has 0 bridgehead atoms. The first-order chi connectivity index (χ1) is 8.59. The fourth-order valence-corrected chi connectivity index (χ4v) is 2.06. The molecule has 0 saturated carbocycles. The van der Waals surface area contributed by atoms with Crippen LogP contribution in [0.15, 0.2) is 23.8 Å². The van der Waals surface area contributed by atoms with Crippen molar-refractivity contribution in [1.82, 2.24) is 9.97 Å². The lowest BCUT2D eigenvalue weighted by molar-refractivity contribution is 0.0697. The summed E-state index contributed by atoms with van der Waals surface area (Å²) in [5.74, 6) is -1.52. The van der Waals surface area contributed by atoms with Crippen molar-refractivity contribution < 1.29 is 14.7 Å². The molecule has 0 atom stereocenters. The Morgan fingerprint density at radius 1 is 1.39 bits per heavy atom. The van der Waals surface area contributed by atoms with Gasteiger partial charge >= 0.3 is 5.97 Å². The number of carboxylic acids is 1. The SMILES string of the molecule is Cc1ncsc1C(=O)Nc1ncccc1C(=O)O. The van der Waals surface area contributed by atoms with E-state index in [4.69, 9.17) is 5.11 Å². The van der Waals surface area contributed by atoms with Gasteiger partial charge in [-0.1, -0.05) is 0 Å². The van der Waals surface area contributed by atoms with Crippen molar-refractivity contribution in [2.24, 2.45) is 0 Å². The van der Waals surface area contributed by atoms with Gasteiger partial charge in [0.2, 0.25) is 0 Å². The highest BCUT2D eigenvalue weighted by atomic mass is 32.1. The Kier molecular flexibility index (Phi) is 3.33. The number of amides is 1. The smallest absolute Gasteiger partial charge is 0.339 e. The maximum absolute atomic E-state index is 11.9. The molecule has 2 aromatic heterocycles. The molecule has 2 aromatic rings. The fourth-order valence-electron chi connectivity index (χ4n) is 1.36. The summed E-state index contributed by atoms with van der Waals surface area (Å²) in [7, 11) is 0. The van der Waals surface area contributed by atoms with E-state index in [0.29, 0.717) is 10.6 Å². The number of hydrogen-bond acceptors (Lipinski definition) is 5. The second kappa shape index (κ2) is 4.92. The van der Waals surface area contributed by atoms with Crippen molar-refractivity contribution in [1.29, 1.82) is 0 Å². The third kappa shape index (κ3) is 2.35. The van der Waals surface area contributed by atoms with Gasteiger partial charge < -0.3 is 10.4 Å². The number of nitrogens with one attached hydrogen (secondary N) is 1. The van der Waals surface area contributed by atoms with Gasteiger partial charge in [0, 0.05) is 6.20 Å². The number of hydrogen-bond donors (Lipinski definition) is 2. The Morgan fingerprint density at radius 2 is 2.17 bits per heavy atom. The first-order valence-electron chi connectivity index (χ1n) is 4.99. The van der Waals surface area contributed by atoms with Crippen LogP contribution in [0.25, 0.3) is 0 Å². The molecule has 0 aromatic carbocycles. The van der Waals surface area contributed by atoms with E-state index in [2.05, 4.69) is 15.3 Å². The Balaban J connectivity index is 2.28. The molecular weight excluding hydrogens is 254 g/mol. The van der Waals surface area contributed by atoms with Crippen molar-refractivity contribution in [2.75, 3.05) is 5.32 Å². The second-order valence-corrected chi connectivity index (χ2v) is 4.28. The molecule has 7 heteroatoms. The standard InChI is InChI=1S/C11H9N3O3S/c1-6-8(18-5-13-6)10(15)14-9-7(11(16)17)3-2-4-12-9/h2-5H,1H3,(H,16,17)(H,12,14,15). The van der Waals surface area contributed by atoms with Gasteiger partial charge in [-0.15, -0.1) is 11.3 Å². The number of anilines is 1. The zero-order valence-corrected chi connectivity index (χ0v) is 10.2.